The van der Waals surface area contributed by atoms with Gasteiger partial charge in [0, 0.05) is 38.1 Å². The molecule has 1 aromatic rings. The lowest BCUT2D eigenvalue weighted by atomic mass is 9.96. The molecule has 0 radical (unpaired) electrons. The molecule has 2 heteroatoms. The zero-order valence-corrected chi connectivity index (χ0v) is 12.9. The van der Waals surface area contributed by atoms with Crippen LogP contribution in [-0.4, -0.2) is 30.6 Å². The van der Waals surface area contributed by atoms with Gasteiger partial charge in [-0.3, -0.25) is 4.90 Å². The van der Waals surface area contributed by atoms with E-state index in [0.29, 0.717) is 18.0 Å². The first-order valence-electron chi connectivity index (χ1n) is 7.64. The number of benzene rings is 1. The molecule has 1 aromatic carbocycles. The van der Waals surface area contributed by atoms with Crippen molar-refractivity contribution in [3.8, 4) is 11.8 Å². The van der Waals surface area contributed by atoms with Gasteiger partial charge in [0.1, 0.15) is 0 Å². The third kappa shape index (κ3) is 3.85. The lowest BCUT2D eigenvalue weighted by Crippen LogP contribution is -2.54. The number of rotatable bonds is 4. The fraction of sp³-hybridized carbons (Fsp3) is 0.556. The molecule has 20 heavy (non-hydrogen) atoms. The first kappa shape index (κ1) is 15.1. The van der Waals surface area contributed by atoms with Gasteiger partial charge in [-0.05, 0) is 18.4 Å². The smallest absolute Gasteiger partial charge is 0.0473 e. The van der Waals surface area contributed by atoms with Gasteiger partial charge in [0.25, 0.3) is 0 Å². The molecule has 2 nitrogen and oxygen atoms in total. The summed E-state index contributed by atoms with van der Waals surface area (Å²) in [5.74, 6) is 6.88. The van der Waals surface area contributed by atoms with Gasteiger partial charge < -0.3 is 5.32 Å². The maximum absolute atomic E-state index is 3.71. The summed E-state index contributed by atoms with van der Waals surface area (Å²) in [6, 6.07) is 11.9. The highest BCUT2D eigenvalue weighted by atomic mass is 15.2. The molecular formula is C18H26N2. The average molecular weight is 270 g/mol. The van der Waals surface area contributed by atoms with Crippen molar-refractivity contribution >= 4 is 0 Å². The molecule has 1 saturated heterocycles. The summed E-state index contributed by atoms with van der Waals surface area (Å²) in [4.78, 5) is 2.60. The minimum absolute atomic E-state index is 0.477. The third-order valence-electron chi connectivity index (χ3n) is 4.14. The Labute approximate surface area is 123 Å². The molecule has 2 rings (SSSR count). The van der Waals surface area contributed by atoms with Crippen LogP contribution in [0, 0.1) is 17.8 Å². The minimum atomic E-state index is 0.477. The molecule has 1 aliphatic rings. The molecule has 0 spiro atoms. The van der Waals surface area contributed by atoms with Crippen LogP contribution >= 0.6 is 0 Å². The Morgan fingerprint density at radius 1 is 1.30 bits per heavy atom. The van der Waals surface area contributed by atoms with Crippen LogP contribution in [0.5, 0.6) is 0 Å². The van der Waals surface area contributed by atoms with E-state index in [-0.39, 0.29) is 0 Å². The van der Waals surface area contributed by atoms with Crippen molar-refractivity contribution in [1.29, 1.82) is 0 Å². The Kier molecular flexibility index (Phi) is 5.64. The van der Waals surface area contributed by atoms with Crippen LogP contribution in [0.4, 0.5) is 0 Å². The molecule has 2 unspecified atom stereocenters. The molecule has 1 heterocycles. The molecule has 2 atom stereocenters. The number of nitrogens with one attached hydrogen (secondary N) is 1. The average Bonchev–Trinajstić information content (AvgIpc) is 2.48. The molecule has 1 aliphatic heterocycles. The van der Waals surface area contributed by atoms with E-state index in [1.807, 2.05) is 6.92 Å². The lowest BCUT2D eigenvalue weighted by molar-refractivity contribution is 0.116. The lowest BCUT2D eigenvalue weighted by Gasteiger charge is -2.42. The van der Waals surface area contributed by atoms with Crippen molar-refractivity contribution in [2.45, 2.75) is 39.3 Å². The second kappa shape index (κ2) is 7.47. The maximum Gasteiger partial charge on any atom is 0.0473 e. The van der Waals surface area contributed by atoms with Crippen LogP contribution in [0.1, 0.15) is 38.8 Å². The van der Waals surface area contributed by atoms with E-state index in [4.69, 9.17) is 0 Å². The summed E-state index contributed by atoms with van der Waals surface area (Å²) >= 11 is 0. The normalized spacial score (nSPS) is 23.4. The van der Waals surface area contributed by atoms with Gasteiger partial charge in [-0.2, -0.15) is 0 Å². The van der Waals surface area contributed by atoms with E-state index in [2.05, 4.69) is 66.2 Å². The van der Waals surface area contributed by atoms with E-state index >= 15 is 0 Å². The summed E-state index contributed by atoms with van der Waals surface area (Å²) in [5, 5.41) is 3.71. The second-order valence-corrected chi connectivity index (χ2v) is 5.86. The van der Waals surface area contributed by atoms with Crippen LogP contribution < -0.4 is 5.32 Å². The molecule has 1 fully saturated rings. The fourth-order valence-corrected chi connectivity index (χ4v) is 2.86. The van der Waals surface area contributed by atoms with Gasteiger partial charge in [-0.15, -0.1) is 11.8 Å². The zero-order chi connectivity index (χ0) is 14.4. The molecule has 0 aliphatic carbocycles. The van der Waals surface area contributed by atoms with Crippen LogP contribution in [0.2, 0.25) is 0 Å². The molecule has 0 amide bonds. The molecule has 108 valence electrons. The number of piperazine rings is 1. The Morgan fingerprint density at radius 3 is 2.70 bits per heavy atom. The third-order valence-corrected chi connectivity index (χ3v) is 4.14. The van der Waals surface area contributed by atoms with Crippen molar-refractivity contribution in [2.24, 2.45) is 5.92 Å². The van der Waals surface area contributed by atoms with Crippen molar-refractivity contribution < 1.29 is 0 Å². The topological polar surface area (TPSA) is 15.3 Å². The molecule has 0 aromatic heterocycles. The van der Waals surface area contributed by atoms with Crippen molar-refractivity contribution in [3.05, 3.63) is 35.9 Å². The van der Waals surface area contributed by atoms with Gasteiger partial charge >= 0.3 is 0 Å². The van der Waals surface area contributed by atoms with E-state index in [9.17, 15) is 0 Å². The number of hydrogen-bond donors (Lipinski definition) is 1. The minimum Gasteiger partial charge on any atom is -0.311 e. The summed E-state index contributed by atoms with van der Waals surface area (Å²) < 4.78 is 0. The standard InChI is InChI=1S/C18H26N2/c1-4-5-9-12-20-14-17(15(2)3)19-13-18(20)16-10-7-6-8-11-16/h6-8,10-11,15,17-19H,9,12-14H2,1-3H3. The van der Waals surface area contributed by atoms with E-state index in [0.717, 1.165) is 26.1 Å². The first-order valence-corrected chi connectivity index (χ1v) is 7.64. The van der Waals surface area contributed by atoms with E-state index in [1.165, 1.54) is 5.56 Å². The van der Waals surface area contributed by atoms with Crippen molar-refractivity contribution in [1.82, 2.24) is 10.2 Å². The van der Waals surface area contributed by atoms with Gasteiger partial charge in [0.05, 0.1) is 0 Å². The van der Waals surface area contributed by atoms with Gasteiger partial charge in [-0.25, -0.2) is 0 Å². The highest BCUT2D eigenvalue weighted by molar-refractivity contribution is 5.20. The van der Waals surface area contributed by atoms with Gasteiger partial charge in [-0.1, -0.05) is 44.2 Å². The van der Waals surface area contributed by atoms with Gasteiger partial charge in [0.15, 0.2) is 0 Å². The van der Waals surface area contributed by atoms with Crippen molar-refractivity contribution in [3.63, 3.8) is 0 Å². The zero-order valence-electron chi connectivity index (χ0n) is 12.9. The Hall–Kier alpha value is -1.30. The van der Waals surface area contributed by atoms with Gasteiger partial charge in [0.2, 0.25) is 0 Å². The maximum atomic E-state index is 3.71. The molecule has 1 N–H and O–H groups in total. The SMILES string of the molecule is CC#CCCN1CC(C(C)C)NCC1c1ccccc1. The van der Waals surface area contributed by atoms with Crippen LogP contribution in [0.3, 0.4) is 0 Å². The molecular weight excluding hydrogens is 244 g/mol. The van der Waals surface area contributed by atoms with E-state index in [1.54, 1.807) is 0 Å². The number of nitrogens with zero attached hydrogens (tertiary/aromatic N) is 1. The summed E-state index contributed by atoms with van der Waals surface area (Å²) in [6.07, 6.45) is 0.963. The Morgan fingerprint density at radius 2 is 2.05 bits per heavy atom. The Bertz CT molecular complexity index is 455. The number of hydrogen-bond acceptors (Lipinski definition) is 2. The van der Waals surface area contributed by atoms with Crippen LogP contribution in [-0.2, 0) is 0 Å². The molecule has 0 bridgehead atoms. The fourth-order valence-electron chi connectivity index (χ4n) is 2.86. The second-order valence-electron chi connectivity index (χ2n) is 5.86. The Balaban J connectivity index is 2.09. The predicted octanol–water partition coefficient (Wildman–Crippen LogP) is 3.07. The predicted molar refractivity (Wildman–Crippen MR) is 85.5 cm³/mol. The van der Waals surface area contributed by atoms with Crippen LogP contribution in [0.15, 0.2) is 30.3 Å². The first-order chi connectivity index (χ1) is 9.72. The highest BCUT2D eigenvalue weighted by Crippen LogP contribution is 2.25. The largest absolute Gasteiger partial charge is 0.311 e. The summed E-state index contributed by atoms with van der Waals surface area (Å²) in [7, 11) is 0. The quantitative estimate of drug-likeness (QED) is 0.846. The highest BCUT2D eigenvalue weighted by Gasteiger charge is 2.29. The monoisotopic (exact) mass is 270 g/mol. The summed E-state index contributed by atoms with van der Waals surface area (Å²) in [5.41, 5.74) is 1.41. The van der Waals surface area contributed by atoms with Crippen LogP contribution in [0.25, 0.3) is 0 Å². The molecule has 0 saturated carbocycles. The van der Waals surface area contributed by atoms with E-state index < -0.39 is 0 Å². The van der Waals surface area contributed by atoms with Crippen molar-refractivity contribution in [2.75, 3.05) is 19.6 Å². The summed E-state index contributed by atoms with van der Waals surface area (Å²) in [6.45, 7) is 9.72.